The minimum Gasteiger partial charge on any atom is -0.124 e. The van der Waals surface area contributed by atoms with Gasteiger partial charge in [-0.2, -0.15) is 0 Å². The van der Waals surface area contributed by atoms with Gasteiger partial charge in [0.2, 0.25) is 0 Å². The first-order valence-corrected chi connectivity index (χ1v) is 9.02. The first kappa shape index (κ1) is 42.9. The van der Waals surface area contributed by atoms with Crippen LogP contribution in [0.4, 0.5) is 0 Å². The van der Waals surface area contributed by atoms with Crippen molar-refractivity contribution in [1.82, 2.24) is 0 Å². The number of terminal acetylenes is 1. The minimum atomic E-state index is 1.17. The highest BCUT2D eigenvalue weighted by Gasteiger charge is 1.80. The summed E-state index contributed by atoms with van der Waals surface area (Å²) in [6.07, 6.45) is 16.3. The van der Waals surface area contributed by atoms with Crippen molar-refractivity contribution in [3.05, 3.63) is 25.3 Å². The molecule has 0 spiro atoms. The molecule has 0 nitrogen and oxygen atoms in total. The van der Waals surface area contributed by atoms with Gasteiger partial charge in [0, 0.05) is 0 Å². The molecule has 0 aliphatic heterocycles. The summed E-state index contributed by atoms with van der Waals surface area (Å²) in [5.41, 5.74) is 1.17. The van der Waals surface area contributed by atoms with Gasteiger partial charge in [-0.15, -0.1) is 32.6 Å². The first-order chi connectivity index (χ1) is 10.6. The van der Waals surface area contributed by atoms with Gasteiger partial charge in [-0.05, 0) is 13.8 Å². The second-order valence-electron chi connectivity index (χ2n) is 3.97. The van der Waals surface area contributed by atoms with Gasteiger partial charge in [0.25, 0.3) is 0 Å². The Morgan fingerprint density at radius 3 is 0.909 bits per heavy atom. The van der Waals surface area contributed by atoms with E-state index in [-0.39, 0.29) is 0 Å². The molecule has 22 heavy (non-hydrogen) atoms. The molecule has 0 N–H and O–H groups in total. The number of unbranched alkanes of at least 4 members (excludes halogenated alkanes) is 4. The summed E-state index contributed by atoms with van der Waals surface area (Å²) in [5.74, 6) is 0. The first-order valence-electron chi connectivity index (χ1n) is 9.02. The fourth-order valence-corrected chi connectivity index (χ4v) is 0.677. The van der Waals surface area contributed by atoms with Crippen LogP contribution in [0.15, 0.2) is 25.3 Å². The van der Waals surface area contributed by atoms with Gasteiger partial charge in [0.1, 0.15) is 0 Å². The van der Waals surface area contributed by atoms with Crippen LogP contribution >= 0.6 is 0 Å². The molecular formula is C22H50. The van der Waals surface area contributed by atoms with Gasteiger partial charge < -0.3 is 0 Å². The molecule has 0 radical (unpaired) electrons. The van der Waals surface area contributed by atoms with E-state index in [0.29, 0.717) is 0 Å². The van der Waals surface area contributed by atoms with Crippen molar-refractivity contribution in [2.75, 3.05) is 0 Å². The summed E-state index contributed by atoms with van der Waals surface area (Å²) in [4.78, 5) is 0. The van der Waals surface area contributed by atoms with Gasteiger partial charge in [-0.1, -0.05) is 99.5 Å². The zero-order chi connectivity index (χ0) is 19.8. The van der Waals surface area contributed by atoms with Crippen LogP contribution in [0.25, 0.3) is 0 Å². The minimum absolute atomic E-state index is 1.17. The highest BCUT2D eigenvalue weighted by molar-refractivity contribution is 4.78. The molecule has 0 aromatic rings. The molecule has 0 aromatic carbocycles. The van der Waals surface area contributed by atoms with Crippen LogP contribution in [0.2, 0.25) is 0 Å². The van der Waals surface area contributed by atoms with Crippen LogP contribution in [-0.4, -0.2) is 0 Å². The van der Waals surface area contributed by atoms with E-state index in [4.69, 9.17) is 0 Å². The van der Waals surface area contributed by atoms with E-state index in [1.807, 2.05) is 41.5 Å². The fraction of sp³-hybridized carbons (Fsp3) is 0.727. The average molecular weight is 315 g/mol. The SMILES string of the molecule is C#C.C=C.C=C(C)C.CC.CC.CCC.CCCCCCC. The van der Waals surface area contributed by atoms with Gasteiger partial charge in [-0.25, -0.2) is 0 Å². The Hall–Kier alpha value is -0.960. The Morgan fingerprint density at radius 2 is 0.818 bits per heavy atom. The summed E-state index contributed by atoms with van der Waals surface area (Å²) in [5, 5.41) is 0. The van der Waals surface area contributed by atoms with Crippen molar-refractivity contribution in [3.63, 3.8) is 0 Å². The summed E-state index contributed by atoms with van der Waals surface area (Å²) in [6.45, 7) is 30.2. The Morgan fingerprint density at radius 1 is 0.682 bits per heavy atom. The van der Waals surface area contributed by atoms with Gasteiger partial charge >= 0.3 is 0 Å². The second-order valence-corrected chi connectivity index (χ2v) is 3.97. The molecule has 0 aliphatic carbocycles. The number of allylic oxidation sites excluding steroid dienone is 1. The molecule has 0 aliphatic rings. The molecule has 0 atom stereocenters. The van der Waals surface area contributed by atoms with E-state index in [1.54, 1.807) is 0 Å². The van der Waals surface area contributed by atoms with Crippen LogP contribution in [0, 0.1) is 12.8 Å². The van der Waals surface area contributed by atoms with Crippen molar-refractivity contribution in [1.29, 1.82) is 0 Å². The van der Waals surface area contributed by atoms with Crippen LogP contribution < -0.4 is 0 Å². The van der Waals surface area contributed by atoms with E-state index in [9.17, 15) is 0 Å². The van der Waals surface area contributed by atoms with Crippen LogP contribution in [0.5, 0.6) is 0 Å². The third-order valence-electron chi connectivity index (χ3n) is 1.21. The number of hydrogen-bond acceptors (Lipinski definition) is 0. The molecule has 0 saturated carbocycles. The largest absolute Gasteiger partial charge is 0.124 e. The molecule has 0 unspecified atom stereocenters. The third-order valence-corrected chi connectivity index (χ3v) is 1.21. The lowest BCUT2D eigenvalue weighted by Crippen LogP contribution is -1.70. The molecule has 0 rings (SSSR count). The molecule has 0 amide bonds. The summed E-state index contributed by atoms with van der Waals surface area (Å²) in [7, 11) is 0. The van der Waals surface area contributed by atoms with Crippen molar-refractivity contribution in [3.8, 4) is 12.8 Å². The highest BCUT2D eigenvalue weighted by atomic mass is 13.9. The van der Waals surface area contributed by atoms with E-state index >= 15 is 0 Å². The molecular weight excluding hydrogens is 264 g/mol. The lowest BCUT2D eigenvalue weighted by atomic mass is 10.2. The molecule has 0 aromatic heterocycles. The number of rotatable bonds is 4. The maximum atomic E-state index is 4.00. The molecule has 0 saturated heterocycles. The topological polar surface area (TPSA) is 0 Å². The Labute approximate surface area is 146 Å². The van der Waals surface area contributed by atoms with Crippen molar-refractivity contribution < 1.29 is 0 Å². The van der Waals surface area contributed by atoms with E-state index in [2.05, 4.69) is 60.3 Å². The second kappa shape index (κ2) is 112. The Kier molecular flexibility index (Phi) is 219. The lowest BCUT2D eigenvalue weighted by Gasteiger charge is -1.90. The molecule has 0 bridgehead atoms. The quantitative estimate of drug-likeness (QED) is 0.276. The molecule has 0 heteroatoms. The normalized spacial score (nSPS) is 5.82. The fourth-order valence-electron chi connectivity index (χ4n) is 0.677. The smallest absolute Gasteiger partial charge is 0.0445 e. The van der Waals surface area contributed by atoms with Gasteiger partial charge in [0.05, 0.1) is 0 Å². The van der Waals surface area contributed by atoms with Crippen molar-refractivity contribution >= 4 is 0 Å². The molecule has 0 fully saturated rings. The van der Waals surface area contributed by atoms with E-state index in [0.717, 1.165) is 0 Å². The van der Waals surface area contributed by atoms with Crippen LogP contribution in [0.1, 0.15) is 108 Å². The molecule has 138 valence electrons. The summed E-state index contributed by atoms with van der Waals surface area (Å²) >= 11 is 0. The van der Waals surface area contributed by atoms with E-state index in [1.165, 1.54) is 44.1 Å². The van der Waals surface area contributed by atoms with Crippen molar-refractivity contribution in [2.45, 2.75) is 108 Å². The average Bonchev–Trinajstić information content (AvgIpc) is 2.56. The summed E-state index contributed by atoms with van der Waals surface area (Å²) < 4.78 is 0. The maximum Gasteiger partial charge on any atom is -0.0445 e. The van der Waals surface area contributed by atoms with Gasteiger partial charge in [-0.3, -0.25) is 0 Å². The summed E-state index contributed by atoms with van der Waals surface area (Å²) in [6, 6.07) is 0. The van der Waals surface area contributed by atoms with Crippen LogP contribution in [-0.2, 0) is 0 Å². The zero-order valence-electron chi connectivity index (χ0n) is 18.0. The predicted octanol–water partition coefficient (Wildman–Crippen LogP) is 9.08. The standard InChI is InChI=1S/C7H16.C4H8.C3H8.2C2H6.C2H4.C2H2/c1-3-5-7-6-4-2;1-4(2)3;1-3-2;4*1-2/h3-7H2,1-2H3;1H2,2-3H3;3H2,1-2H3;2*1-2H3;1-2H2;1-2H. The Bertz CT molecular complexity index is 111. The molecule has 0 heterocycles. The predicted molar refractivity (Wildman–Crippen MR) is 115 cm³/mol. The highest BCUT2D eigenvalue weighted by Crippen LogP contribution is 2.00. The third kappa shape index (κ3) is 670. The van der Waals surface area contributed by atoms with Crippen molar-refractivity contribution in [2.24, 2.45) is 0 Å². The maximum absolute atomic E-state index is 4.00. The monoisotopic (exact) mass is 314 g/mol. The van der Waals surface area contributed by atoms with E-state index < -0.39 is 0 Å². The van der Waals surface area contributed by atoms with Crippen LogP contribution in [0.3, 0.4) is 0 Å². The Balaban J connectivity index is -0.0000000262. The zero-order valence-corrected chi connectivity index (χ0v) is 18.0. The van der Waals surface area contributed by atoms with Gasteiger partial charge in [0.15, 0.2) is 0 Å². The lowest BCUT2D eigenvalue weighted by molar-refractivity contribution is 0.656. The number of hydrogen-bond donors (Lipinski definition) is 0.